The SMILES string of the molecule is CCOC1CCN(C(=O)[C@@H]2CCCCN2Cc2ccccc2)CC1. The molecule has 0 unspecified atom stereocenters. The zero-order valence-electron chi connectivity index (χ0n) is 14.8. The monoisotopic (exact) mass is 330 g/mol. The van der Waals surface area contributed by atoms with Gasteiger partial charge in [-0.05, 0) is 44.7 Å². The Kier molecular flexibility index (Phi) is 6.27. The van der Waals surface area contributed by atoms with Crippen molar-refractivity contribution in [2.75, 3.05) is 26.2 Å². The highest BCUT2D eigenvalue weighted by Crippen LogP contribution is 2.23. The Morgan fingerprint density at radius 3 is 2.54 bits per heavy atom. The zero-order chi connectivity index (χ0) is 16.8. The van der Waals surface area contributed by atoms with Crippen LogP contribution in [0.15, 0.2) is 30.3 Å². The standard InChI is InChI=1S/C20H30N2O2/c1-2-24-18-11-14-21(15-12-18)20(23)19-10-6-7-13-22(19)16-17-8-4-3-5-9-17/h3-5,8-9,18-19H,2,6-7,10-16H2,1H3/t19-/m0/s1. The Morgan fingerprint density at radius 1 is 1.08 bits per heavy atom. The van der Waals surface area contributed by atoms with Gasteiger partial charge in [-0.15, -0.1) is 0 Å². The first-order valence-corrected chi connectivity index (χ1v) is 9.46. The smallest absolute Gasteiger partial charge is 0.239 e. The van der Waals surface area contributed by atoms with Gasteiger partial charge in [0.25, 0.3) is 0 Å². The predicted molar refractivity (Wildman–Crippen MR) is 95.7 cm³/mol. The van der Waals surface area contributed by atoms with Crippen LogP contribution in [0, 0.1) is 0 Å². The first kappa shape index (κ1) is 17.4. The van der Waals surface area contributed by atoms with Gasteiger partial charge in [-0.2, -0.15) is 0 Å². The van der Waals surface area contributed by atoms with Crippen molar-refractivity contribution in [2.45, 2.75) is 57.7 Å². The Hall–Kier alpha value is -1.39. The van der Waals surface area contributed by atoms with E-state index in [0.29, 0.717) is 12.0 Å². The number of hydrogen-bond donors (Lipinski definition) is 0. The van der Waals surface area contributed by atoms with Gasteiger partial charge in [0, 0.05) is 26.2 Å². The van der Waals surface area contributed by atoms with Crippen molar-refractivity contribution < 1.29 is 9.53 Å². The molecule has 0 aliphatic carbocycles. The van der Waals surface area contributed by atoms with Gasteiger partial charge in [-0.3, -0.25) is 9.69 Å². The molecular formula is C20H30N2O2. The zero-order valence-corrected chi connectivity index (χ0v) is 14.8. The number of hydrogen-bond acceptors (Lipinski definition) is 3. The average molecular weight is 330 g/mol. The minimum atomic E-state index is 0.0580. The number of piperidine rings is 2. The number of rotatable bonds is 5. The van der Waals surface area contributed by atoms with E-state index in [2.05, 4.69) is 34.1 Å². The molecule has 3 rings (SSSR count). The Balaban J connectivity index is 1.59. The largest absolute Gasteiger partial charge is 0.378 e. The van der Waals surface area contributed by atoms with Crippen LogP contribution in [0.2, 0.25) is 0 Å². The van der Waals surface area contributed by atoms with E-state index in [9.17, 15) is 4.79 Å². The third-order valence-corrected chi connectivity index (χ3v) is 5.28. The van der Waals surface area contributed by atoms with E-state index >= 15 is 0 Å². The molecule has 4 heteroatoms. The van der Waals surface area contributed by atoms with E-state index < -0.39 is 0 Å². The van der Waals surface area contributed by atoms with Crippen LogP contribution in [0.5, 0.6) is 0 Å². The van der Waals surface area contributed by atoms with Gasteiger partial charge in [0.1, 0.15) is 0 Å². The van der Waals surface area contributed by atoms with E-state index in [1.807, 2.05) is 13.0 Å². The lowest BCUT2D eigenvalue weighted by Gasteiger charge is -2.40. The maximum atomic E-state index is 13.1. The summed E-state index contributed by atoms with van der Waals surface area (Å²) in [5.74, 6) is 0.334. The fourth-order valence-corrected chi connectivity index (χ4v) is 3.97. The normalized spacial score (nSPS) is 23.4. The molecule has 0 saturated carbocycles. The van der Waals surface area contributed by atoms with E-state index in [1.165, 1.54) is 12.0 Å². The third kappa shape index (κ3) is 4.37. The molecule has 1 atom stereocenters. The molecule has 1 aromatic rings. The first-order valence-electron chi connectivity index (χ1n) is 9.46. The quantitative estimate of drug-likeness (QED) is 0.832. The Labute approximate surface area is 145 Å². The summed E-state index contributed by atoms with van der Waals surface area (Å²) < 4.78 is 5.71. The number of nitrogens with zero attached hydrogens (tertiary/aromatic N) is 2. The third-order valence-electron chi connectivity index (χ3n) is 5.28. The van der Waals surface area contributed by atoms with Crippen molar-refractivity contribution in [3.8, 4) is 0 Å². The molecule has 2 aliphatic rings. The predicted octanol–water partition coefficient (Wildman–Crippen LogP) is 3.07. The van der Waals surface area contributed by atoms with Crippen molar-refractivity contribution in [2.24, 2.45) is 0 Å². The number of likely N-dealkylation sites (tertiary alicyclic amines) is 2. The van der Waals surface area contributed by atoms with E-state index in [4.69, 9.17) is 4.74 Å². The van der Waals surface area contributed by atoms with E-state index in [-0.39, 0.29) is 6.04 Å². The molecule has 0 aromatic heterocycles. The van der Waals surface area contributed by atoms with E-state index in [1.54, 1.807) is 0 Å². The molecule has 132 valence electrons. The molecule has 0 bridgehead atoms. The summed E-state index contributed by atoms with van der Waals surface area (Å²) in [5, 5.41) is 0. The lowest BCUT2D eigenvalue weighted by Crippen LogP contribution is -2.52. The lowest BCUT2D eigenvalue weighted by molar-refractivity contribution is -0.141. The van der Waals surface area contributed by atoms with Crippen molar-refractivity contribution in [1.82, 2.24) is 9.80 Å². The molecule has 2 fully saturated rings. The van der Waals surface area contributed by atoms with Gasteiger partial charge < -0.3 is 9.64 Å². The second-order valence-electron chi connectivity index (χ2n) is 6.95. The Bertz CT molecular complexity index is 512. The van der Waals surface area contributed by atoms with Gasteiger partial charge in [-0.1, -0.05) is 36.8 Å². The van der Waals surface area contributed by atoms with Crippen molar-refractivity contribution in [3.63, 3.8) is 0 Å². The average Bonchev–Trinajstić information content (AvgIpc) is 2.63. The topological polar surface area (TPSA) is 32.8 Å². The van der Waals surface area contributed by atoms with E-state index in [0.717, 1.165) is 58.5 Å². The summed E-state index contributed by atoms with van der Waals surface area (Å²) >= 11 is 0. The molecule has 1 amide bonds. The van der Waals surface area contributed by atoms with Crippen molar-refractivity contribution in [3.05, 3.63) is 35.9 Å². The molecular weight excluding hydrogens is 300 g/mol. The Morgan fingerprint density at radius 2 is 1.83 bits per heavy atom. The highest BCUT2D eigenvalue weighted by Gasteiger charge is 2.33. The summed E-state index contributed by atoms with van der Waals surface area (Å²) in [6.45, 7) is 6.42. The van der Waals surface area contributed by atoms with Crippen molar-refractivity contribution in [1.29, 1.82) is 0 Å². The summed E-state index contributed by atoms with van der Waals surface area (Å²) in [7, 11) is 0. The molecule has 1 aromatic carbocycles. The van der Waals surface area contributed by atoms with Crippen LogP contribution >= 0.6 is 0 Å². The number of ether oxygens (including phenoxy) is 1. The van der Waals surface area contributed by atoms with Gasteiger partial charge in [0.05, 0.1) is 12.1 Å². The summed E-state index contributed by atoms with van der Waals surface area (Å²) in [6.07, 6.45) is 5.65. The van der Waals surface area contributed by atoms with Crippen LogP contribution in [0.1, 0.15) is 44.6 Å². The highest BCUT2D eigenvalue weighted by atomic mass is 16.5. The molecule has 2 heterocycles. The summed E-state index contributed by atoms with van der Waals surface area (Å²) in [5.41, 5.74) is 1.30. The fraction of sp³-hybridized carbons (Fsp3) is 0.650. The second-order valence-corrected chi connectivity index (χ2v) is 6.95. The minimum Gasteiger partial charge on any atom is -0.378 e. The highest BCUT2D eigenvalue weighted by molar-refractivity contribution is 5.82. The number of benzene rings is 1. The summed E-state index contributed by atoms with van der Waals surface area (Å²) in [6, 6.07) is 10.6. The molecule has 2 aliphatic heterocycles. The molecule has 4 nitrogen and oxygen atoms in total. The number of carbonyl (C=O) groups excluding carboxylic acids is 1. The number of amides is 1. The van der Waals surface area contributed by atoms with Crippen LogP contribution in [-0.2, 0) is 16.1 Å². The molecule has 24 heavy (non-hydrogen) atoms. The maximum absolute atomic E-state index is 13.1. The molecule has 0 N–H and O–H groups in total. The van der Waals surface area contributed by atoms with Crippen LogP contribution in [0.3, 0.4) is 0 Å². The van der Waals surface area contributed by atoms with Crippen molar-refractivity contribution >= 4 is 5.91 Å². The second kappa shape index (κ2) is 8.63. The van der Waals surface area contributed by atoms with Gasteiger partial charge in [0.15, 0.2) is 0 Å². The van der Waals surface area contributed by atoms with Gasteiger partial charge in [0.2, 0.25) is 5.91 Å². The van der Waals surface area contributed by atoms with Gasteiger partial charge >= 0.3 is 0 Å². The summed E-state index contributed by atoms with van der Waals surface area (Å²) in [4.78, 5) is 17.5. The molecule has 0 spiro atoms. The van der Waals surface area contributed by atoms with Crippen LogP contribution in [0.4, 0.5) is 0 Å². The van der Waals surface area contributed by atoms with Crippen LogP contribution in [0.25, 0.3) is 0 Å². The fourth-order valence-electron chi connectivity index (χ4n) is 3.97. The van der Waals surface area contributed by atoms with Crippen LogP contribution < -0.4 is 0 Å². The van der Waals surface area contributed by atoms with Gasteiger partial charge in [-0.25, -0.2) is 0 Å². The molecule has 0 radical (unpaired) electrons. The lowest BCUT2D eigenvalue weighted by atomic mass is 9.98. The maximum Gasteiger partial charge on any atom is 0.239 e. The van der Waals surface area contributed by atoms with Crippen LogP contribution in [-0.4, -0.2) is 54.1 Å². The number of carbonyl (C=O) groups is 1. The first-order chi connectivity index (χ1) is 11.8. The molecule has 2 saturated heterocycles. The minimum absolute atomic E-state index is 0.0580.